The van der Waals surface area contributed by atoms with Crippen molar-refractivity contribution >= 4 is 34.8 Å². The highest BCUT2D eigenvalue weighted by molar-refractivity contribution is 5.85. The van der Waals surface area contributed by atoms with Crippen molar-refractivity contribution in [3.8, 4) is 0 Å². The van der Waals surface area contributed by atoms with Gasteiger partial charge in [-0.25, -0.2) is 4.98 Å². The van der Waals surface area contributed by atoms with E-state index in [1.807, 2.05) is 48.9 Å². The van der Waals surface area contributed by atoms with Gasteiger partial charge in [0.25, 0.3) is 0 Å². The van der Waals surface area contributed by atoms with E-state index in [2.05, 4.69) is 52.7 Å². The normalized spacial score (nSPS) is 20.3. The van der Waals surface area contributed by atoms with Crippen LogP contribution in [0.15, 0.2) is 65.8 Å². The molecule has 2 aliphatic rings. The lowest BCUT2D eigenvalue weighted by atomic mass is 9.62. The van der Waals surface area contributed by atoms with Gasteiger partial charge in [-0.1, -0.05) is 12.1 Å². The lowest BCUT2D eigenvalue weighted by Crippen LogP contribution is -2.59. The van der Waals surface area contributed by atoms with E-state index >= 15 is 0 Å². The molecule has 1 aromatic carbocycles. The highest BCUT2D eigenvalue weighted by atomic mass is 35.5. The van der Waals surface area contributed by atoms with E-state index in [9.17, 15) is 4.79 Å². The van der Waals surface area contributed by atoms with Gasteiger partial charge in [-0.3, -0.25) is 15.1 Å². The molecule has 4 aromatic rings. The first-order chi connectivity index (χ1) is 17.9. The number of anilines is 2. The summed E-state index contributed by atoms with van der Waals surface area (Å²) in [5, 5.41) is 4.66. The summed E-state index contributed by atoms with van der Waals surface area (Å²) in [5.41, 5.74) is 12.1. The molecule has 1 saturated heterocycles. The van der Waals surface area contributed by atoms with E-state index in [1.54, 1.807) is 0 Å². The summed E-state index contributed by atoms with van der Waals surface area (Å²) in [5.74, 6) is 0.848. The molecule has 3 aromatic heterocycles. The summed E-state index contributed by atoms with van der Waals surface area (Å²) >= 11 is 0. The summed E-state index contributed by atoms with van der Waals surface area (Å²) in [6, 6.07) is 14.2. The van der Waals surface area contributed by atoms with Crippen LogP contribution in [0.5, 0.6) is 0 Å². The van der Waals surface area contributed by atoms with Crippen molar-refractivity contribution in [2.45, 2.75) is 51.7 Å². The van der Waals surface area contributed by atoms with Crippen LogP contribution < -0.4 is 21.4 Å². The Hall–Kier alpha value is -3.42. The fourth-order valence-electron chi connectivity index (χ4n) is 6.46. The molecule has 4 heterocycles. The van der Waals surface area contributed by atoms with Crippen LogP contribution in [0.3, 0.4) is 0 Å². The van der Waals surface area contributed by atoms with Crippen molar-refractivity contribution in [3.63, 3.8) is 0 Å². The second kappa shape index (κ2) is 10.0. The zero-order chi connectivity index (χ0) is 25.7. The van der Waals surface area contributed by atoms with E-state index < -0.39 is 0 Å². The standard InChI is InChI=1S/C30H34N6O.ClH/c1-19(2)36-17-21(28(37)24-8-4-5-9-26(24)36)15-34-30(25-12-13-32-29(30)20(25)3)22-7-6-14-35(18-22)23-10-11-27(31)33-16-23;/h4-5,8-13,16-17,19,22,34H,6-7,14-15,18H2,1-3H3,(H2,31,33);1H/t22-,30?;/m0./s1. The number of fused-ring (bicyclic) bond motifs is 3. The highest BCUT2D eigenvalue weighted by Gasteiger charge is 2.52. The zero-order valence-electron chi connectivity index (χ0n) is 22.1. The maximum Gasteiger partial charge on any atom is 0.193 e. The third-order valence-corrected chi connectivity index (χ3v) is 8.30. The minimum Gasteiger partial charge on any atom is -0.384 e. The minimum atomic E-state index is -0.362. The lowest BCUT2D eigenvalue weighted by Gasteiger charge is -2.52. The quantitative estimate of drug-likeness (QED) is 0.367. The third-order valence-electron chi connectivity index (χ3n) is 8.30. The van der Waals surface area contributed by atoms with Crippen molar-refractivity contribution in [2.75, 3.05) is 23.7 Å². The van der Waals surface area contributed by atoms with Crippen LogP contribution in [-0.2, 0) is 12.1 Å². The molecule has 1 unspecified atom stereocenters. The topological polar surface area (TPSA) is 89.1 Å². The molecule has 0 spiro atoms. The minimum absolute atomic E-state index is 0. The molecule has 0 saturated carbocycles. The van der Waals surface area contributed by atoms with Crippen LogP contribution in [0.1, 0.15) is 55.1 Å². The van der Waals surface area contributed by atoms with Crippen LogP contribution in [0.2, 0.25) is 0 Å². The summed E-state index contributed by atoms with van der Waals surface area (Å²) in [6.07, 6.45) is 7.98. The van der Waals surface area contributed by atoms with Gasteiger partial charge in [-0.2, -0.15) is 0 Å². The molecular weight excluding hydrogens is 496 g/mol. The van der Waals surface area contributed by atoms with Crippen LogP contribution in [0, 0.1) is 12.8 Å². The van der Waals surface area contributed by atoms with Gasteiger partial charge in [0.05, 0.1) is 28.6 Å². The lowest BCUT2D eigenvalue weighted by molar-refractivity contribution is 0.197. The number of nitrogens with one attached hydrogen (secondary N) is 1. The Morgan fingerprint density at radius 3 is 2.66 bits per heavy atom. The summed E-state index contributed by atoms with van der Waals surface area (Å²) in [4.78, 5) is 25.1. The number of rotatable bonds is 6. The number of aryl methyl sites for hydroxylation is 1. The molecule has 1 fully saturated rings. The predicted molar refractivity (Wildman–Crippen MR) is 156 cm³/mol. The smallest absolute Gasteiger partial charge is 0.193 e. The Kier molecular flexibility index (Phi) is 6.92. The number of aromatic nitrogens is 3. The number of pyridine rings is 3. The monoisotopic (exact) mass is 530 g/mol. The summed E-state index contributed by atoms with van der Waals surface area (Å²) in [6.45, 7) is 8.83. The van der Waals surface area contributed by atoms with Crippen LogP contribution >= 0.6 is 12.4 Å². The van der Waals surface area contributed by atoms with Crippen molar-refractivity contribution in [2.24, 2.45) is 5.92 Å². The zero-order valence-corrected chi connectivity index (χ0v) is 23.0. The summed E-state index contributed by atoms with van der Waals surface area (Å²) < 4.78 is 2.21. The molecule has 2 atom stereocenters. The van der Waals surface area contributed by atoms with Gasteiger partial charge in [0, 0.05) is 54.9 Å². The maximum absolute atomic E-state index is 13.5. The van der Waals surface area contributed by atoms with Crippen molar-refractivity contribution < 1.29 is 0 Å². The SMILES string of the molecule is Cc1c2ccnc1C2(NCc1cn(C(C)C)c2ccccc2c1=O)[C@H]1CCCN(c2ccc(N)nc2)C1.Cl. The van der Waals surface area contributed by atoms with E-state index in [4.69, 9.17) is 10.7 Å². The Bertz CT molecular complexity index is 1510. The van der Waals surface area contributed by atoms with E-state index in [0.717, 1.165) is 53.8 Å². The van der Waals surface area contributed by atoms with Crippen LogP contribution in [-0.4, -0.2) is 27.6 Å². The van der Waals surface area contributed by atoms with Gasteiger partial charge in [-0.15, -0.1) is 12.4 Å². The van der Waals surface area contributed by atoms with Crippen molar-refractivity contribution in [1.82, 2.24) is 19.9 Å². The molecule has 8 heteroatoms. The Balaban J connectivity index is 0.00000294. The average Bonchev–Trinajstić information content (AvgIpc) is 2.93. The van der Waals surface area contributed by atoms with Gasteiger partial charge in [0.15, 0.2) is 5.43 Å². The first-order valence-corrected chi connectivity index (χ1v) is 13.2. The molecule has 198 valence electrons. The highest BCUT2D eigenvalue weighted by Crippen LogP contribution is 2.50. The predicted octanol–water partition coefficient (Wildman–Crippen LogP) is 4.95. The molecule has 7 nitrogen and oxygen atoms in total. The van der Waals surface area contributed by atoms with Gasteiger partial charge in [0.1, 0.15) is 5.82 Å². The largest absolute Gasteiger partial charge is 0.384 e. The van der Waals surface area contributed by atoms with Gasteiger partial charge in [0.2, 0.25) is 0 Å². The first kappa shape index (κ1) is 26.2. The fourth-order valence-corrected chi connectivity index (χ4v) is 6.46. The second-order valence-corrected chi connectivity index (χ2v) is 10.7. The average molecular weight is 531 g/mol. The summed E-state index contributed by atoms with van der Waals surface area (Å²) in [7, 11) is 0. The molecule has 1 aliphatic heterocycles. The molecule has 6 rings (SSSR count). The van der Waals surface area contributed by atoms with Crippen LogP contribution in [0.25, 0.3) is 10.9 Å². The molecule has 0 radical (unpaired) electrons. The second-order valence-electron chi connectivity index (χ2n) is 10.7. The Morgan fingerprint density at radius 1 is 1.16 bits per heavy atom. The van der Waals surface area contributed by atoms with Gasteiger partial charge >= 0.3 is 0 Å². The van der Waals surface area contributed by atoms with Crippen molar-refractivity contribution in [3.05, 3.63) is 93.7 Å². The molecular formula is C30H35ClN6O. The fraction of sp³-hybridized carbons (Fsp3) is 0.367. The first-order valence-electron chi connectivity index (χ1n) is 13.2. The Morgan fingerprint density at radius 2 is 1.97 bits per heavy atom. The molecule has 2 bridgehead atoms. The molecule has 38 heavy (non-hydrogen) atoms. The molecule has 1 aliphatic carbocycles. The number of nitrogen functional groups attached to an aromatic ring is 1. The van der Waals surface area contributed by atoms with Crippen molar-refractivity contribution in [1.29, 1.82) is 0 Å². The number of piperidine rings is 1. The van der Waals surface area contributed by atoms with E-state index in [1.165, 1.54) is 11.1 Å². The van der Waals surface area contributed by atoms with E-state index in [0.29, 0.717) is 18.3 Å². The number of nitrogens with two attached hydrogens (primary N) is 1. The Labute approximate surface area is 229 Å². The number of nitrogens with zero attached hydrogens (tertiary/aromatic N) is 4. The molecule has 0 amide bonds. The third kappa shape index (κ3) is 4.05. The number of para-hydroxylation sites is 1. The maximum atomic E-state index is 13.5. The number of benzene rings is 1. The number of hydrogen-bond donors (Lipinski definition) is 2. The van der Waals surface area contributed by atoms with Gasteiger partial charge in [-0.05, 0) is 75.1 Å². The number of hydrogen-bond acceptors (Lipinski definition) is 6. The van der Waals surface area contributed by atoms with Crippen LogP contribution in [0.4, 0.5) is 11.5 Å². The van der Waals surface area contributed by atoms with E-state index in [-0.39, 0.29) is 29.4 Å². The van der Waals surface area contributed by atoms with Gasteiger partial charge < -0.3 is 15.2 Å². The number of halogens is 1. The molecule has 3 N–H and O–H groups in total.